The van der Waals surface area contributed by atoms with Gasteiger partial charge in [-0.2, -0.15) is 0 Å². The van der Waals surface area contributed by atoms with Gasteiger partial charge in [0.2, 0.25) is 5.91 Å². The van der Waals surface area contributed by atoms with E-state index < -0.39 is 12.0 Å². The second kappa shape index (κ2) is 7.91. The third-order valence-electron chi connectivity index (χ3n) is 2.98. The Labute approximate surface area is 123 Å². The number of anilines is 1. The van der Waals surface area contributed by atoms with Crippen LogP contribution < -0.4 is 5.32 Å². The molecule has 5 nitrogen and oxygen atoms in total. The van der Waals surface area contributed by atoms with Gasteiger partial charge in [0.1, 0.15) is 6.04 Å². The van der Waals surface area contributed by atoms with E-state index in [4.69, 9.17) is 5.11 Å². The molecule has 1 rings (SSSR count). The summed E-state index contributed by atoms with van der Waals surface area (Å²) < 4.78 is 0. The average Bonchev–Trinajstić information content (AvgIpc) is 2.39. The van der Waals surface area contributed by atoms with Crippen LogP contribution in [0.4, 0.5) is 5.69 Å². The van der Waals surface area contributed by atoms with Gasteiger partial charge >= 0.3 is 5.97 Å². The number of nitrogens with one attached hydrogen (secondary N) is 1. The number of aliphatic carboxylic acids is 1. The Kier molecular flexibility index (Phi) is 6.54. The molecule has 0 spiro atoms. The molecule has 0 saturated carbocycles. The molecule has 0 bridgehead atoms. The number of carboxylic acids is 1. The molecule has 0 aliphatic heterocycles. The molecule has 110 valence electrons. The molecular weight excluding hydrogens is 276 g/mol. The van der Waals surface area contributed by atoms with Crippen LogP contribution in [0.25, 0.3) is 0 Å². The fraction of sp³-hybridized carbons (Fsp3) is 0.429. The van der Waals surface area contributed by atoms with Gasteiger partial charge < -0.3 is 10.4 Å². The first-order valence-electron chi connectivity index (χ1n) is 6.35. The van der Waals surface area contributed by atoms with Crippen molar-refractivity contribution in [3.05, 3.63) is 24.3 Å². The molecule has 0 aliphatic carbocycles. The van der Waals surface area contributed by atoms with Crippen LogP contribution in [0.5, 0.6) is 0 Å². The van der Waals surface area contributed by atoms with Gasteiger partial charge in [-0.1, -0.05) is 19.1 Å². The summed E-state index contributed by atoms with van der Waals surface area (Å²) in [6.07, 6.45) is 2.40. The second-order valence-electron chi connectivity index (χ2n) is 4.43. The van der Waals surface area contributed by atoms with Gasteiger partial charge in [-0.25, -0.2) is 0 Å². The lowest BCUT2D eigenvalue weighted by Crippen LogP contribution is -2.42. The largest absolute Gasteiger partial charge is 0.480 e. The summed E-state index contributed by atoms with van der Waals surface area (Å²) in [6.45, 7) is 1.84. The third-order valence-corrected chi connectivity index (χ3v) is 3.77. The van der Waals surface area contributed by atoms with Gasteiger partial charge in [0, 0.05) is 4.90 Å². The highest BCUT2D eigenvalue weighted by Gasteiger charge is 2.22. The van der Waals surface area contributed by atoms with E-state index in [1.807, 2.05) is 30.5 Å². The first kappa shape index (κ1) is 16.5. The molecule has 6 heteroatoms. The Bertz CT molecular complexity index is 479. The van der Waals surface area contributed by atoms with E-state index in [0.717, 1.165) is 10.6 Å². The van der Waals surface area contributed by atoms with Gasteiger partial charge in [-0.05, 0) is 31.9 Å². The lowest BCUT2D eigenvalue weighted by atomic mass is 10.2. The number of amides is 1. The number of carboxylic acid groups (broad SMARTS) is 1. The van der Waals surface area contributed by atoms with Crippen molar-refractivity contribution < 1.29 is 14.7 Å². The van der Waals surface area contributed by atoms with Crippen molar-refractivity contribution in [1.82, 2.24) is 4.90 Å². The van der Waals surface area contributed by atoms with Gasteiger partial charge in [-0.3, -0.25) is 14.5 Å². The maximum Gasteiger partial charge on any atom is 0.320 e. The van der Waals surface area contributed by atoms with Crippen LogP contribution in [0.2, 0.25) is 0 Å². The van der Waals surface area contributed by atoms with Crippen LogP contribution in [0.3, 0.4) is 0 Å². The van der Waals surface area contributed by atoms with Gasteiger partial charge in [-0.15, -0.1) is 11.8 Å². The molecule has 0 aromatic heterocycles. The Morgan fingerprint density at radius 1 is 1.40 bits per heavy atom. The summed E-state index contributed by atoms with van der Waals surface area (Å²) >= 11 is 1.55. The van der Waals surface area contributed by atoms with Crippen LogP contribution in [0.1, 0.15) is 13.3 Å². The molecule has 0 radical (unpaired) electrons. The van der Waals surface area contributed by atoms with Gasteiger partial charge in [0.25, 0.3) is 0 Å². The minimum atomic E-state index is -0.910. The van der Waals surface area contributed by atoms with E-state index in [0.29, 0.717) is 6.42 Å². The first-order valence-corrected chi connectivity index (χ1v) is 7.58. The maximum absolute atomic E-state index is 12.0. The zero-order valence-corrected chi connectivity index (χ0v) is 12.7. The number of hydrogen-bond acceptors (Lipinski definition) is 4. The summed E-state index contributed by atoms with van der Waals surface area (Å²) in [5, 5.41) is 11.9. The Morgan fingerprint density at radius 2 is 2.05 bits per heavy atom. The van der Waals surface area contributed by atoms with Crippen LogP contribution in [-0.4, -0.2) is 47.8 Å². The predicted octanol–water partition coefficient (Wildman–Crippen LogP) is 2.14. The van der Waals surface area contributed by atoms with Gasteiger partial charge in [0.05, 0.1) is 12.2 Å². The molecule has 0 heterocycles. The zero-order valence-electron chi connectivity index (χ0n) is 11.9. The van der Waals surface area contributed by atoms with E-state index in [-0.39, 0.29) is 12.5 Å². The van der Waals surface area contributed by atoms with Crippen LogP contribution >= 0.6 is 11.8 Å². The maximum atomic E-state index is 12.0. The fourth-order valence-corrected chi connectivity index (χ4v) is 2.50. The molecule has 1 unspecified atom stereocenters. The number of benzene rings is 1. The number of hydrogen-bond donors (Lipinski definition) is 2. The highest BCUT2D eigenvalue weighted by Crippen LogP contribution is 2.24. The number of carbonyl (C=O) groups excluding carboxylic acids is 1. The van der Waals surface area contributed by atoms with Gasteiger partial charge in [0.15, 0.2) is 0 Å². The number of thioether (sulfide) groups is 1. The zero-order chi connectivity index (χ0) is 15.1. The first-order chi connectivity index (χ1) is 9.49. The summed E-state index contributed by atoms with van der Waals surface area (Å²) in [6, 6.07) is 6.88. The number of nitrogens with zero attached hydrogens (tertiary/aromatic N) is 1. The lowest BCUT2D eigenvalue weighted by Gasteiger charge is -2.22. The molecule has 0 fully saturated rings. The highest BCUT2D eigenvalue weighted by atomic mass is 32.2. The Morgan fingerprint density at radius 3 is 2.60 bits per heavy atom. The van der Waals surface area contributed by atoms with Crippen molar-refractivity contribution in [2.24, 2.45) is 0 Å². The van der Waals surface area contributed by atoms with Crippen LogP contribution in [0, 0.1) is 0 Å². The molecular formula is C14H20N2O3S. The van der Waals surface area contributed by atoms with E-state index in [2.05, 4.69) is 5.32 Å². The molecule has 1 aromatic rings. The highest BCUT2D eigenvalue weighted by molar-refractivity contribution is 7.98. The molecule has 2 N–H and O–H groups in total. The topological polar surface area (TPSA) is 69.6 Å². The molecule has 0 aliphatic rings. The Hall–Kier alpha value is -1.53. The van der Waals surface area contributed by atoms with E-state index >= 15 is 0 Å². The standard InChI is InChI=1S/C14H20N2O3S/c1-4-11(14(18)19)16(2)9-13(17)15-10-7-5-6-8-12(10)20-3/h5-8,11H,4,9H2,1-3H3,(H,15,17)(H,18,19). The minimum absolute atomic E-state index is 0.0491. The molecule has 1 aromatic carbocycles. The molecule has 0 saturated heterocycles. The van der Waals surface area contributed by atoms with Crippen LogP contribution in [-0.2, 0) is 9.59 Å². The lowest BCUT2D eigenvalue weighted by molar-refractivity contribution is -0.143. The molecule has 20 heavy (non-hydrogen) atoms. The van der Waals surface area contributed by atoms with Crippen LogP contribution in [0.15, 0.2) is 29.2 Å². The van der Waals surface area contributed by atoms with Crippen molar-refractivity contribution in [1.29, 1.82) is 0 Å². The van der Waals surface area contributed by atoms with Crippen molar-refractivity contribution >= 4 is 29.3 Å². The second-order valence-corrected chi connectivity index (χ2v) is 5.27. The number of carbonyl (C=O) groups is 2. The van der Waals surface area contributed by atoms with E-state index in [1.165, 1.54) is 0 Å². The van der Waals surface area contributed by atoms with E-state index in [1.54, 1.807) is 30.6 Å². The van der Waals surface area contributed by atoms with E-state index in [9.17, 15) is 9.59 Å². The molecule has 1 amide bonds. The SMILES string of the molecule is CCC(C(=O)O)N(C)CC(=O)Nc1ccccc1SC. The summed E-state index contributed by atoms with van der Waals surface area (Å²) in [5.41, 5.74) is 0.752. The number of likely N-dealkylation sites (N-methyl/N-ethyl adjacent to an activating group) is 1. The number of rotatable bonds is 7. The van der Waals surface area contributed by atoms with Crippen molar-refractivity contribution in [3.8, 4) is 0 Å². The average molecular weight is 296 g/mol. The normalized spacial score (nSPS) is 12.2. The summed E-state index contributed by atoms with van der Waals surface area (Å²) in [4.78, 5) is 25.5. The predicted molar refractivity (Wildman–Crippen MR) is 81.2 cm³/mol. The van der Waals surface area contributed by atoms with Crippen molar-refractivity contribution in [3.63, 3.8) is 0 Å². The number of para-hydroxylation sites is 1. The van der Waals surface area contributed by atoms with Crippen molar-refractivity contribution in [2.75, 3.05) is 25.2 Å². The van der Waals surface area contributed by atoms with Crippen molar-refractivity contribution in [2.45, 2.75) is 24.3 Å². The summed E-state index contributed by atoms with van der Waals surface area (Å²) in [5.74, 6) is -1.12. The minimum Gasteiger partial charge on any atom is -0.480 e. The Balaban J connectivity index is 2.65. The summed E-state index contributed by atoms with van der Waals surface area (Å²) in [7, 11) is 1.64. The quantitative estimate of drug-likeness (QED) is 0.754. The molecule has 1 atom stereocenters. The fourth-order valence-electron chi connectivity index (χ4n) is 1.95. The third kappa shape index (κ3) is 4.54. The monoisotopic (exact) mass is 296 g/mol. The smallest absolute Gasteiger partial charge is 0.320 e.